The molecule has 0 amide bonds. The molecule has 0 fully saturated rings. The Bertz CT molecular complexity index is 280. The number of rotatable bonds is 16. The Kier molecular flexibility index (Phi) is 18.9. The highest BCUT2D eigenvalue weighted by Crippen LogP contribution is 2.10. The van der Waals surface area contributed by atoms with Crippen molar-refractivity contribution in [2.75, 3.05) is 47.5 Å². The minimum atomic E-state index is -0.0804. The fourth-order valence-electron chi connectivity index (χ4n) is 2.31. The van der Waals surface area contributed by atoms with E-state index in [0.29, 0.717) is 26.2 Å². The van der Waals surface area contributed by atoms with Crippen LogP contribution in [0.3, 0.4) is 0 Å². The molecule has 24 heavy (non-hydrogen) atoms. The molecule has 0 aliphatic carbocycles. The predicted octanol–water partition coefficient (Wildman–Crippen LogP) is 1.18. The third-order valence-corrected chi connectivity index (χ3v) is 3.88. The first-order valence-electron chi connectivity index (χ1n) is 9.49. The molecule has 0 aromatic heterocycles. The van der Waals surface area contributed by atoms with Crippen LogP contribution in [-0.2, 0) is 14.3 Å². The standard InChI is InChI=1S/C19H40NO3.ClH/c1-5-6-7-8-9-10-11-12-13-14-19(21)23-18-17-22-16-15-20(2,3)4;/h5-18H2,1-4H3;1H/q+1;/p-1. The van der Waals surface area contributed by atoms with Crippen LogP contribution in [0.15, 0.2) is 0 Å². The minimum absolute atomic E-state index is 0. The third kappa shape index (κ3) is 21.7. The van der Waals surface area contributed by atoms with Gasteiger partial charge in [0.15, 0.2) is 0 Å². The number of nitrogens with zero attached hydrogens (tertiary/aromatic N) is 1. The summed E-state index contributed by atoms with van der Waals surface area (Å²) in [6, 6.07) is 0. The van der Waals surface area contributed by atoms with E-state index in [2.05, 4.69) is 28.1 Å². The number of hydrogen-bond donors (Lipinski definition) is 0. The van der Waals surface area contributed by atoms with E-state index in [-0.39, 0.29) is 18.4 Å². The van der Waals surface area contributed by atoms with Crippen LogP contribution in [0.1, 0.15) is 71.1 Å². The Morgan fingerprint density at radius 3 is 1.88 bits per heavy atom. The third-order valence-electron chi connectivity index (χ3n) is 3.88. The molecule has 0 heterocycles. The summed E-state index contributed by atoms with van der Waals surface area (Å²) in [4.78, 5) is 11.6. The van der Waals surface area contributed by atoms with Crippen LogP contribution in [0.4, 0.5) is 0 Å². The van der Waals surface area contributed by atoms with Crippen molar-refractivity contribution in [2.45, 2.75) is 71.1 Å². The van der Waals surface area contributed by atoms with E-state index in [9.17, 15) is 4.79 Å². The maximum atomic E-state index is 11.6. The van der Waals surface area contributed by atoms with Gasteiger partial charge in [-0.1, -0.05) is 58.3 Å². The maximum absolute atomic E-state index is 11.6. The molecule has 0 aromatic carbocycles. The fraction of sp³-hybridized carbons (Fsp3) is 0.947. The Labute approximate surface area is 156 Å². The van der Waals surface area contributed by atoms with Crippen molar-refractivity contribution in [1.29, 1.82) is 0 Å². The minimum Gasteiger partial charge on any atom is -1.00 e. The molecule has 0 saturated carbocycles. The monoisotopic (exact) mass is 365 g/mol. The quantitative estimate of drug-likeness (QED) is 0.234. The summed E-state index contributed by atoms with van der Waals surface area (Å²) in [6.07, 6.45) is 12.0. The topological polar surface area (TPSA) is 35.5 Å². The zero-order valence-corrected chi connectivity index (χ0v) is 17.2. The second-order valence-electron chi connectivity index (χ2n) is 7.43. The molecule has 5 heteroatoms. The molecule has 0 saturated heterocycles. The van der Waals surface area contributed by atoms with Gasteiger partial charge in [0.25, 0.3) is 0 Å². The van der Waals surface area contributed by atoms with Gasteiger partial charge in [-0.15, -0.1) is 0 Å². The predicted molar refractivity (Wildman–Crippen MR) is 96.5 cm³/mol. The molecule has 0 rings (SSSR count). The van der Waals surface area contributed by atoms with Gasteiger partial charge in [-0.05, 0) is 6.42 Å². The van der Waals surface area contributed by atoms with E-state index in [1.165, 1.54) is 44.9 Å². The van der Waals surface area contributed by atoms with Gasteiger partial charge in [0, 0.05) is 6.42 Å². The van der Waals surface area contributed by atoms with Crippen LogP contribution in [0.25, 0.3) is 0 Å². The van der Waals surface area contributed by atoms with E-state index < -0.39 is 0 Å². The number of ether oxygens (including phenoxy) is 2. The van der Waals surface area contributed by atoms with Gasteiger partial charge in [0.1, 0.15) is 13.2 Å². The summed E-state index contributed by atoms with van der Waals surface area (Å²) in [5.41, 5.74) is 0. The lowest BCUT2D eigenvalue weighted by Gasteiger charge is -2.23. The molecule has 0 unspecified atom stereocenters. The van der Waals surface area contributed by atoms with E-state index >= 15 is 0 Å². The second-order valence-corrected chi connectivity index (χ2v) is 7.43. The van der Waals surface area contributed by atoms with Gasteiger partial charge < -0.3 is 26.4 Å². The van der Waals surface area contributed by atoms with Crippen molar-refractivity contribution in [2.24, 2.45) is 0 Å². The smallest absolute Gasteiger partial charge is 0.305 e. The van der Waals surface area contributed by atoms with Crippen LogP contribution in [0.2, 0.25) is 0 Å². The van der Waals surface area contributed by atoms with Gasteiger partial charge in [0.05, 0.1) is 34.4 Å². The zero-order chi connectivity index (χ0) is 17.4. The number of esters is 1. The second kappa shape index (κ2) is 17.5. The Morgan fingerprint density at radius 1 is 0.792 bits per heavy atom. The van der Waals surface area contributed by atoms with E-state index in [0.717, 1.165) is 23.9 Å². The van der Waals surface area contributed by atoms with Crippen LogP contribution in [0.5, 0.6) is 0 Å². The van der Waals surface area contributed by atoms with Crippen molar-refractivity contribution in [1.82, 2.24) is 0 Å². The van der Waals surface area contributed by atoms with Gasteiger partial charge in [-0.3, -0.25) is 4.79 Å². The first-order chi connectivity index (χ1) is 11.0. The average Bonchev–Trinajstić information content (AvgIpc) is 2.48. The molecule has 0 atom stereocenters. The number of hydrogen-bond acceptors (Lipinski definition) is 3. The zero-order valence-electron chi connectivity index (χ0n) is 16.4. The molecule has 4 nitrogen and oxygen atoms in total. The number of carbonyl (C=O) groups is 1. The first kappa shape index (κ1) is 25.9. The number of unbranched alkanes of at least 4 members (excludes halogenated alkanes) is 8. The summed E-state index contributed by atoms with van der Waals surface area (Å²) in [7, 11) is 6.40. The van der Waals surface area contributed by atoms with Gasteiger partial charge >= 0.3 is 5.97 Å². The van der Waals surface area contributed by atoms with Crippen molar-refractivity contribution in [3.05, 3.63) is 0 Å². The molecule has 0 radical (unpaired) electrons. The summed E-state index contributed by atoms with van der Waals surface area (Å²) in [5, 5.41) is 0. The molecule has 0 spiro atoms. The van der Waals surface area contributed by atoms with Gasteiger partial charge in [0.2, 0.25) is 0 Å². The van der Waals surface area contributed by atoms with Crippen molar-refractivity contribution in [3.63, 3.8) is 0 Å². The Balaban J connectivity index is 0. The molecule has 0 aliphatic heterocycles. The highest BCUT2D eigenvalue weighted by molar-refractivity contribution is 5.69. The van der Waals surface area contributed by atoms with Crippen LogP contribution >= 0.6 is 0 Å². The number of quaternary nitrogens is 1. The Hall–Kier alpha value is -0.320. The molecule has 0 aliphatic rings. The Morgan fingerprint density at radius 2 is 1.33 bits per heavy atom. The number of likely N-dealkylation sites (N-methyl/N-ethyl adjacent to an activating group) is 1. The molecular weight excluding hydrogens is 326 g/mol. The lowest BCUT2D eigenvalue weighted by atomic mass is 10.1. The molecule has 0 aromatic rings. The van der Waals surface area contributed by atoms with Crippen molar-refractivity contribution in [3.8, 4) is 0 Å². The van der Waals surface area contributed by atoms with Crippen LogP contribution < -0.4 is 12.4 Å². The largest absolute Gasteiger partial charge is 1.00 e. The maximum Gasteiger partial charge on any atom is 0.305 e. The lowest BCUT2D eigenvalue weighted by molar-refractivity contribution is -0.870. The first-order valence-corrected chi connectivity index (χ1v) is 9.49. The lowest BCUT2D eigenvalue weighted by Crippen LogP contribution is -3.00. The van der Waals surface area contributed by atoms with E-state index in [4.69, 9.17) is 9.47 Å². The summed E-state index contributed by atoms with van der Waals surface area (Å²) in [5.74, 6) is -0.0804. The average molecular weight is 366 g/mol. The van der Waals surface area contributed by atoms with E-state index in [1.807, 2.05) is 0 Å². The summed E-state index contributed by atoms with van der Waals surface area (Å²) < 4.78 is 11.5. The highest BCUT2D eigenvalue weighted by atomic mass is 35.5. The van der Waals surface area contributed by atoms with Crippen molar-refractivity contribution >= 4 is 5.97 Å². The number of halogens is 1. The highest BCUT2D eigenvalue weighted by Gasteiger charge is 2.06. The van der Waals surface area contributed by atoms with E-state index in [1.54, 1.807) is 0 Å². The van der Waals surface area contributed by atoms with Crippen LogP contribution in [0, 0.1) is 0 Å². The number of carbonyl (C=O) groups excluding carboxylic acids is 1. The normalized spacial score (nSPS) is 11.2. The van der Waals surface area contributed by atoms with Crippen LogP contribution in [-0.4, -0.2) is 58.0 Å². The van der Waals surface area contributed by atoms with Gasteiger partial charge in [-0.25, -0.2) is 0 Å². The molecular formula is C19H40ClNO3. The summed E-state index contributed by atoms with van der Waals surface area (Å²) in [6.45, 7) is 4.80. The molecule has 0 bridgehead atoms. The summed E-state index contributed by atoms with van der Waals surface area (Å²) >= 11 is 0. The fourth-order valence-corrected chi connectivity index (χ4v) is 2.31. The molecule has 146 valence electrons. The van der Waals surface area contributed by atoms with Crippen molar-refractivity contribution < 1.29 is 31.2 Å². The SMILES string of the molecule is CCCCCCCCCCCC(=O)OCCOCC[N+](C)(C)C.[Cl-]. The van der Waals surface area contributed by atoms with Gasteiger partial charge in [-0.2, -0.15) is 0 Å². The molecule has 0 N–H and O–H groups in total.